The maximum absolute atomic E-state index is 5.91. The van der Waals surface area contributed by atoms with Gasteiger partial charge in [0.05, 0.1) is 18.9 Å². The summed E-state index contributed by atoms with van der Waals surface area (Å²) in [5, 5.41) is 7.42. The minimum atomic E-state index is 0.117. The van der Waals surface area contributed by atoms with E-state index in [-0.39, 0.29) is 5.41 Å². The maximum Gasteiger partial charge on any atom is 0.0869 e. The lowest BCUT2D eigenvalue weighted by atomic mass is 9.89. The fourth-order valence-electron chi connectivity index (χ4n) is 3.38. The van der Waals surface area contributed by atoms with Gasteiger partial charge in [-0.3, -0.25) is 14.9 Å². The van der Waals surface area contributed by atoms with Crippen LogP contribution in [0.1, 0.15) is 32.0 Å². The summed E-state index contributed by atoms with van der Waals surface area (Å²) in [5.41, 5.74) is 2.69. The lowest BCUT2D eigenvalue weighted by Gasteiger charge is -2.33. The summed E-state index contributed by atoms with van der Waals surface area (Å²) in [7, 11) is 2.21. The predicted octanol–water partition coefficient (Wildman–Crippen LogP) is 1.22. The van der Waals surface area contributed by atoms with Crippen LogP contribution < -0.4 is 0 Å². The van der Waals surface area contributed by atoms with Crippen LogP contribution in [0.5, 0.6) is 0 Å². The summed E-state index contributed by atoms with van der Waals surface area (Å²) in [6, 6.07) is 0.550. The van der Waals surface area contributed by atoms with Gasteiger partial charge in [0.2, 0.25) is 0 Å². The minimum Gasteiger partial charge on any atom is -0.374 e. The normalized spacial score (nSPS) is 28.8. The number of aromatic amines is 1. The van der Waals surface area contributed by atoms with Crippen molar-refractivity contribution in [1.29, 1.82) is 0 Å². The number of rotatable bonds is 2. The Kier molecular flexibility index (Phi) is 3.60. The maximum atomic E-state index is 5.91. The van der Waals surface area contributed by atoms with Crippen LogP contribution in [0.3, 0.4) is 0 Å². The molecule has 1 aromatic heterocycles. The molecule has 5 nitrogen and oxygen atoms in total. The summed E-state index contributed by atoms with van der Waals surface area (Å²) < 4.78 is 5.91. The van der Waals surface area contributed by atoms with Crippen molar-refractivity contribution in [3.05, 3.63) is 17.5 Å². The van der Waals surface area contributed by atoms with Gasteiger partial charge in [-0.1, -0.05) is 20.8 Å². The quantitative estimate of drug-likeness (QED) is 0.883. The highest BCUT2D eigenvalue weighted by Crippen LogP contribution is 2.27. The third kappa shape index (κ3) is 2.62. The van der Waals surface area contributed by atoms with Gasteiger partial charge < -0.3 is 4.74 Å². The third-order valence-electron chi connectivity index (χ3n) is 4.52. The molecule has 0 aliphatic carbocycles. The lowest BCUT2D eigenvalue weighted by Crippen LogP contribution is -2.48. The number of hydrogen-bond acceptors (Lipinski definition) is 4. The van der Waals surface area contributed by atoms with E-state index in [4.69, 9.17) is 4.74 Å². The van der Waals surface area contributed by atoms with Gasteiger partial charge in [0.15, 0.2) is 0 Å². The van der Waals surface area contributed by atoms with Crippen LogP contribution in [0.25, 0.3) is 0 Å². The Morgan fingerprint density at radius 3 is 2.90 bits per heavy atom. The van der Waals surface area contributed by atoms with Crippen molar-refractivity contribution < 1.29 is 4.74 Å². The van der Waals surface area contributed by atoms with Crippen LogP contribution in [0.15, 0.2) is 6.20 Å². The number of ether oxygens (including phenoxy) is 1. The zero-order valence-electron chi connectivity index (χ0n) is 13.0. The number of nitrogens with one attached hydrogen (secondary N) is 1. The summed E-state index contributed by atoms with van der Waals surface area (Å²) in [4.78, 5) is 4.94. The second-order valence-corrected chi connectivity index (χ2v) is 7.17. The highest BCUT2D eigenvalue weighted by molar-refractivity contribution is 5.23. The topological polar surface area (TPSA) is 44.4 Å². The summed E-state index contributed by atoms with van der Waals surface area (Å²) in [5.74, 6) is 0. The van der Waals surface area contributed by atoms with Gasteiger partial charge in [0.1, 0.15) is 0 Å². The summed E-state index contributed by atoms with van der Waals surface area (Å²) in [6.07, 6.45) is 2.35. The van der Waals surface area contributed by atoms with Crippen LogP contribution >= 0.6 is 0 Å². The largest absolute Gasteiger partial charge is 0.374 e. The third-order valence-corrected chi connectivity index (χ3v) is 4.52. The number of likely N-dealkylation sites (N-methyl/N-ethyl adjacent to an activating group) is 1. The molecule has 20 heavy (non-hydrogen) atoms. The molecule has 2 aliphatic rings. The van der Waals surface area contributed by atoms with Crippen LogP contribution in [-0.2, 0) is 16.7 Å². The van der Waals surface area contributed by atoms with Gasteiger partial charge >= 0.3 is 0 Å². The zero-order valence-corrected chi connectivity index (χ0v) is 13.0. The van der Waals surface area contributed by atoms with E-state index in [9.17, 15) is 0 Å². The molecule has 0 bridgehead atoms. The van der Waals surface area contributed by atoms with Crippen LogP contribution in [0.2, 0.25) is 0 Å². The molecule has 0 aromatic carbocycles. The monoisotopic (exact) mass is 278 g/mol. The van der Waals surface area contributed by atoms with Gasteiger partial charge in [-0.15, -0.1) is 0 Å². The van der Waals surface area contributed by atoms with Crippen molar-refractivity contribution in [2.45, 2.75) is 44.9 Å². The Labute approximate surface area is 121 Å². The number of aromatic nitrogens is 2. The van der Waals surface area contributed by atoms with E-state index in [0.717, 1.165) is 32.8 Å². The number of H-pyrrole nitrogens is 1. The Balaban J connectivity index is 1.69. The van der Waals surface area contributed by atoms with Gasteiger partial charge in [-0.2, -0.15) is 5.10 Å². The zero-order chi connectivity index (χ0) is 14.3. The van der Waals surface area contributed by atoms with Crippen molar-refractivity contribution >= 4 is 0 Å². The summed E-state index contributed by atoms with van der Waals surface area (Å²) in [6.45, 7) is 11.7. The highest BCUT2D eigenvalue weighted by Gasteiger charge is 2.38. The highest BCUT2D eigenvalue weighted by atomic mass is 16.5. The van der Waals surface area contributed by atoms with Gasteiger partial charge in [0.25, 0.3) is 0 Å². The van der Waals surface area contributed by atoms with Crippen LogP contribution in [-0.4, -0.2) is 65.4 Å². The first kappa shape index (κ1) is 14.0. The molecule has 0 spiro atoms. The van der Waals surface area contributed by atoms with Crippen molar-refractivity contribution in [1.82, 2.24) is 20.0 Å². The lowest BCUT2D eigenvalue weighted by molar-refractivity contribution is -0.0370. The molecule has 3 rings (SSSR count). The van der Waals surface area contributed by atoms with E-state index in [1.165, 1.54) is 11.3 Å². The first-order valence-corrected chi connectivity index (χ1v) is 7.52. The van der Waals surface area contributed by atoms with E-state index in [2.05, 4.69) is 47.8 Å². The SMILES string of the molecule is CN1CCO[C@@H]2CN(Cc3cn[nH]c3C(C)(C)C)C[C@@H]21. The molecule has 0 unspecified atom stereocenters. The van der Waals surface area contributed by atoms with Crippen LogP contribution in [0, 0.1) is 0 Å². The standard InChI is InChI=1S/C15H26N4O/c1-15(2,3)14-11(7-16-17-14)8-19-9-12-13(10-19)20-6-5-18(12)4/h7,12-13H,5-6,8-10H2,1-4H3,(H,16,17)/t12-,13+/m0/s1. The Bertz CT molecular complexity index is 465. The van der Waals surface area contributed by atoms with E-state index in [1.54, 1.807) is 0 Å². The van der Waals surface area contributed by atoms with Crippen molar-refractivity contribution in [2.75, 3.05) is 33.3 Å². The molecular formula is C15H26N4O. The van der Waals surface area contributed by atoms with Crippen molar-refractivity contribution in [2.24, 2.45) is 0 Å². The second kappa shape index (κ2) is 5.13. The van der Waals surface area contributed by atoms with Gasteiger partial charge in [-0.25, -0.2) is 0 Å². The number of likely N-dealkylation sites (tertiary alicyclic amines) is 1. The number of fused-ring (bicyclic) bond motifs is 1. The van der Waals surface area contributed by atoms with Gasteiger partial charge in [-0.05, 0) is 7.05 Å². The molecule has 1 N–H and O–H groups in total. The first-order valence-electron chi connectivity index (χ1n) is 7.52. The van der Waals surface area contributed by atoms with E-state index >= 15 is 0 Å². The molecule has 2 aliphatic heterocycles. The fraction of sp³-hybridized carbons (Fsp3) is 0.800. The second-order valence-electron chi connectivity index (χ2n) is 7.17. The predicted molar refractivity (Wildman–Crippen MR) is 78.7 cm³/mol. The number of morpholine rings is 1. The molecule has 1 aromatic rings. The average Bonchev–Trinajstić information content (AvgIpc) is 2.95. The smallest absolute Gasteiger partial charge is 0.0869 e. The molecule has 0 saturated carbocycles. The van der Waals surface area contributed by atoms with Crippen molar-refractivity contribution in [3.8, 4) is 0 Å². The van der Waals surface area contributed by atoms with Gasteiger partial charge in [0, 0.05) is 48.9 Å². The Morgan fingerprint density at radius 1 is 1.40 bits per heavy atom. The number of hydrogen-bond donors (Lipinski definition) is 1. The Hall–Kier alpha value is -0.910. The number of nitrogens with zero attached hydrogens (tertiary/aromatic N) is 3. The molecule has 112 valence electrons. The molecule has 2 atom stereocenters. The van der Waals surface area contributed by atoms with E-state index in [1.807, 2.05) is 6.20 Å². The van der Waals surface area contributed by atoms with E-state index in [0.29, 0.717) is 12.1 Å². The van der Waals surface area contributed by atoms with Crippen molar-refractivity contribution in [3.63, 3.8) is 0 Å². The van der Waals surface area contributed by atoms with Crippen LogP contribution in [0.4, 0.5) is 0 Å². The minimum absolute atomic E-state index is 0.117. The summed E-state index contributed by atoms with van der Waals surface area (Å²) >= 11 is 0. The fourth-order valence-corrected chi connectivity index (χ4v) is 3.38. The molecule has 2 fully saturated rings. The first-order chi connectivity index (χ1) is 9.45. The molecular weight excluding hydrogens is 252 g/mol. The molecule has 2 saturated heterocycles. The Morgan fingerprint density at radius 2 is 2.20 bits per heavy atom. The molecule has 5 heteroatoms. The molecule has 3 heterocycles. The van der Waals surface area contributed by atoms with E-state index < -0.39 is 0 Å². The molecule has 0 radical (unpaired) electrons. The molecule has 0 amide bonds. The average molecular weight is 278 g/mol.